The molecule has 1 N–H and O–H groups in total. The molecule has 0 saturated carbocycles. The molecular formula is C26H30Cl2N4O3. The quantitative estimate of drug-likeness (QED) is 0.386. The van der Waals surface area contributed by atoms with E-state index in [0.717, 1.165) is 43.0 Å². The molecule has 3 aromatic rings. The van der Waals surface area contributed by atoms with Gasteiger partial charge in [-0.3, -0.25) is 9.88 Å². The molecule has 0 radical (unpaired) electrons. The Hall–Kier alpha value is -2.74. The molecule has 1 aliphatic rings. The number of carbonyl (C=O) groups excluding carboxylic acids is 1. The first-order chi connectivity index (χ1) is 16.8. The molecule has 0 aliphatic carbocycles. The number of aromatic nitrogens is 1. The molecule has 4 rings (SSSR count). The summed E-state index contributed by atoms with van der Waals surface area (Å²) in [6.45, 7) is 10.2. The number of nitrogens with zero attached hydrogens (tertiary/aromatic N) is 3. The Balaban J connectivity index is 1.83. The van der Waals surface area contributed by atoms with Crippen molar-refractivity contribution in [3.05, 3.63) is 52.1 Å². The van der Waals surface area contributed by atoms with Gasteiger partial charge in [-0.2, -0.15) is 0 Å². The minimum Gasteiger partial charge on any atom is -0.495 e. The van der Waals surface area contributed by atoms with Crippen molar-refractivity contribution < 1.29 is 14.3 Å². The summed E-state index contributed by atoms with van der Waals surface area (Å²) < 4.78 is 11.1. The number of benzene rings is 2. The van der Waals surface area contributed by atoms with Gasteiger partial charge in [0, 0.05) is 55.6 Å². The first-order valence-corrected chi connectivity index (χ1v) is 12.5. The molecular weight excluding hydrogens is 487 g/mol. The second-order valence-electron chi connectivity index (χ2n) is 8.68. The number of halogens is 2. The summed E-state index contributed by atoms with van der Waals surface area (Å²) in [6.07, 6.45) is 1.53. The van der Waals surface area contributed by atoms with Crippen LogP contribution in [0.4, 0.5) is 17.1 Å². The van der Waals surface area contributed by atoms with Crippen LogP contribution in [-0.4, -0.2) is 61.8 Å². The van der Waals surface area contributed by atoms with E-state index in [1.54, 1.807) is 26.2 Å². The van der Waals surface area contributed by atoms with E-state index in [4.69, 9.17) is 32.7 Å². The van der Waals surface area contributed by atoms with E-state index >= 15 is 0 Å². The van der Waals surface area contributed by atoms with Gasteiger partial charge in [0.05, 0.1) is 40.7 Å². The fourth-order valence-corrected chi connectivity index (χ4v) is 4.61. The molecule has 0 spiro atoms. The predicted octanol–water partition coefficient (Wildman–Crippen LogP) is 6.00. The molecule has 0 unspecified atom stereocenters. The summed E-state index contributed by atoms with van der Waals surface area (Å²) in [7, 11) is 1.66. The van der Waals surface area contributed by atoms with Crippen LogP contribution in [0.2, 0.25) is 10.0 Å². The maximum absolute atomic E-state index is 12.8. The minimum atomic E-state index is -0.452. The van der Waals surface area contributed by atoms with Gasteiger partial charge in [-0.25, -0.2) is 4.79 Å². The van der Waals surface area contributed by atoms with Gasteiger partial charge in [-0.1, -0.05) is 23.2 Å². The van der Waals surface area contributed by atoms with Gasteiger partial charge in [0.2, 0.25) is 0 Å². The Morgan fingerprint density at radius 3 is 2.49 bits per heavy atom. The van der Waals surface area contributed by atoms with Gasteiger partial charge < -0.3 is 19.7 Å². The second-order valence-corrected chi connectivity index (χ2v) is 9.49. The summed E-state index contributed by atoms with van der Waals surface area (Å²) in [5.74, 6) is 0.291. The third kappa shape index (κ3) is 5.42. The lowest BCUT2D eigenvalue weighted by Gasteiger charge is -2.38. The zero-order chi connectivity index (χ0) is 25.1. The molecule has 0 bridgehead atoms. The molecule has 35 heavy (non-hydrogen) atoms. The standard InChI is InChI=1S/C26H30Cl2N4O3/c1-5-35-26(33)19-15-29-22-14-24(34-4)23(32-10-8-31(9-11-32)16(2)3)13-18(22)25(19)30-17-6-7-20(27)21(28)12-17/h6-7,12-16H,5,8-11H2,1-4H3,(H,29,30). The average molecular weight is 517 g/mol. The Labute approximate surface area is 215 Å². The van der Waals surface area contributed by atoms with E-state index in [1.165, 1.54) is 6.20 Å². The normalized spacial score (nSPS) is 14.4. The molecule has 7 nitrogen and oxygen atoms in total. The molecule has 186 valence electrons. The van der Waals surface area contributed by atoms with Crippen molar-refractivity contribution in [2.75, 3.05) is 50.1 Å². The van der Waals surface area contributed by atoms with Crippen LogP contribution in [-0.2, 0) is 4.74 Å². The van der Waals surface area contributed by atoms with E-state index in [-0.39, 0.29) is 6.61 Å². The highest BCUT2D eigenvalue weighted by Gasteiger charge is 2.24. The molecule has 0 atom stereocenters. The number of ether oxygens (including phenoxy) is 2. The number of anilines is 3. The second kappa shape index (κ2) is 10.9. The van der Waals surface area contributed by atoms with Crippen LogP contribution in [0.1, 0.15) is 31.1 Å². The third-order valence-corrected chi connectivity index (χ3v) is 6.98. The van der Waals surface area contributed by atoms with Gasteiger partial charge in [0.25, 0.3) is 0 Å². The largest absolute Gasteiger partial charge is 0.495 e. The Bertz CT molecular complexity index is 1230. The third-order valence-electron chi connectivity index (χ3n) is 6.24. The molecule has 9 heteroatoms. The van der Waals surface area contributed by atoms with E-state index in [2.05, 4.69) is 33.9 Å². The van der Waals surface area contributed by atoms with Crippen molar-refractivity contribution in [3.8, 4) is 5.75 Å². The van der Waals surface area contributed by atoms with Gasteiger partial charge in [-0.15, -0.1) is 0 Å². The minimum absolute atomic E-state index is 0.261. The number of rotatable bonds is 7. The van der Waals surface area contributed by atoms with Crippen molar-refractivity contribution in [3.63, 3.8) is 0 Å². The number of hydrogen-bond acceptors (Lipinski definition) is 7. The predicted molar refractivity (Wildman–Crippen MR) is 143 cm³/mol. The number of carbonyl (C=O) groups is 1. The number of fused-ring (bicyclic) bond motifs is 1. The fourth-order valence-electron chi connectivity index (χ4n) is 4.31. The van der Waals surface area contributed by atoms with Crippen LogP contribution in [0.15, 0.2) is 36.5 Å². The number of methoxy groups -OCH3 is 1. The van der Waals surface area contributed by atoms with Crippen molar-refractivity contribution in [2.45, 2.75) is 26.8 Å². The average Bonchev–Trinajstić information content (AvgIpc) is 2.85. The Kier molecular flexibility index (Phi) is 7.89. The van der Waals surface area contributed by atoms with Gasteiger partial charge in [-0.05, 0) is 45.0 Å². The zero-order valence-corrected chi connectivity index (χ0v) is 21.9. The summed E-state index contributed by atoms with van der Waals surface area (Å²) in [5, 5.41) is 5.01. The zero-order valence-electron chi connectivity index (χ0n) is 20.4. The fraction of sp³-hybridized carbons (Fsp3) is 0.385. The van der Waals surface area contributed by atoms with Gasteiger partial charge in [0.1, 0.15) is 11.3 Å². The van der Waals surface area contributed by atoms with Crippen LogP contribution in [0, 0.1) is 0 Å². The van der Waals surface area contributed by atoms with Crippen LogP contribution < -0.4 is 15.0 Å². The van der Waals surface area contributed by atoms with Gasteiger partial charge >= 0.3 is 5.97 Å². The maximum atomic E-state index is 12.8. The lowest BCUT2D eigenvalue weighted by molar-refractivity contribution is 0.0527. The monoisotopic (exact) mass is 516 g/mol. The highest BCUT2D eigenvalue weighted by molar-refractivity contribution is 6.42. The number of esters is 1. The highest BCUT2D eigenvalue weighted by atomic mass is 35.5. The molecule has 2 heterocycles. The summed E-state index contributed by atoms with van der Waals surface area (Å²) >= 11 is 12.4. The molecule has 1 saturated heterocycles. The van der Waals surface area contributed by atoms with Crippen LogP contribution >= 0.6 is 23.2 Å². The Morgan fingerprint density at radius 2 is 1.86 bits per heavy atom. The van der Waals surface area contributed by atoms with Gasteiger partial charge in [0.15, 0.2) is 0 Å². The van der Waals surface area contributed by atoms with E-state index in [9.17, 15) is 4.79 Å². The van der Waals surface area contributed by atoms with Crippen LogP contribution in [0.25, 0.3) is 10.9 Å². The van der Waals surface area contributed by atoms with Crippen molar-refractivity contribution >= 4 is 57.1 Å². The number of nitrogens with one attached hydrogen (secondary N) is 1. The molecule has 1 fully saturated rings. The number of piperazine rings is 1. The number of hydrogen-bond donors (Lipinski definition) is 1. The lowest BCUT2D eigenvalue weighted by Crippen LogP contribution is -2.49. The molecule has 2 aromatic carbocycles. The first kappa shape index (κ1) is 25.4. The Morgan fingerprint density at radius 1 is 1.11 bits per heavy atom. The molecule has 0 amide bonds. The summed E-state index contributed by atoms with van der Waals surface area (Å²) in [5.41, 5.74) is 3.29. The van der Waals surface area contributed by atoms with Crippen molar-refractivity contribution in [1.29, 1.82) is 0 Å². The topological polar surface area (TPSA) is 66.9 Å². The summed E-state index contributed by atoms with van der Waals surface area (Å²) in [4.78, 5) is 22.2. The molecule has 1 aromatic heterocycles. The van der Waals surface area contributed by atoms with Crippen LogP contribution in [0.3, 0.4) is 0 Å². The number of pyridine rings is 1. The van der Waals surface area contributed by atoms with E-state index in [0.29, 0.717) is 38.5 Å². The SMILES string of the molecule is CCOC(=O)c1cnc2cc(OC)c(N3CCN(C(C)C)CC3)cc2c1Nc1ccc(Cl)c(Cl)c1. The molecule has 1 aliphatic heterocycles. The lowest BCUT2D eigenvalue weighted by atomic mass is 10.1. The van der Waals surface area contributed by atoms with Crippen LogP contribution in [0.5, 0.6) is 5.75 Å². The summed E-state index contributed by atoms with van der Waals surface area (Å²) in [6, 6.07) is 9.70. The maximum Gasteiger partial charge on any atom is 0.341 e. The smallest absolute Gasteiger partial charge is 0.341 e. The van der Waals surface area contributed by atoms with Crippen molar-refractivity contribution in [1.82, 2.24) is 9.88 Å². The highest BCUT2D eigenvalue weighted by Crippen LogP contribution is 2.39. The first-order valence-electron chi connectivity index (χ1n) is 11.7. The van der Waals surface area contributed by atoms with E-state index < -0.39 is 5.97 Å². The van der Waals surface area contributed by atoms with E-state index in [1.807, 2.05) is 18.2 Å². The van der Waals surface area contributed by atoms with Crippen molar-refractivity contribution in [2.24, 2.45) is 0 Å².